The van der Waals surface area contributed by atoms with Crippen LogP contribution in [0.1, 0.15) is 87.2 Å². The Bertz CT molecular complexity index is 782. The van der Waals surface area contributed by atoms with Crippen LogP contribution in [0, 0.1) is 41.5 Å². The molecule has 0 N–H and O–H groups in total. The molecular formula is C25H34O2. The summed E-state index contributed by atoms with van der Waals surface area (Å²) in [6.07, 6.45) is 2.17. The molecule has 0 atom stereocenters. The molecule has 0 radical (unpaired) electrons. The Morgan fingerprint density at radius 1 is 0.630 bits per heavy atom. The number of rotatable bonds is 5. The number of aryl methyl sites for hydroxylation is 6. The molecule has 2 aromatic carbocycles. The van der Waals surface area contributed by atoms with Crippen LogP contribution < -0.4 is 0 Å². The van der Waals surface area contributed by atoms with E-state index in [1.54, 1.807) is 0 Å². The highest BCUT2D eigenvalue weighted by Gasteiger charge is 2.11. The summed E-state index contributed by atoms with van der Waals surface area (Å²) in [4.78, 5) is 23.4. The van der Waals surface area contributed by atoms with Crippen LogP contribution in [-0.2, 0) is 0 Å². The number of Topliss-reactive ketones (excluding diaryl/α,β-unsaturated/α-hetero) is 2. The molecule has 0 amide bonds. The van der Waals surface area contributed by atoms with Gasteiger partial charge in [0, 0.05) is 24.0 Å². The smallest absolute Gasteiger partial charge is 0.163 e. The van der Waals surface area contributed by atoms with E-state index in [0.717, 1.165) is 39.8 Å². The van der Waals surface area contributed by atoms with Gasteiger partial charge in [0.05, 0.1) is 0 Å². The normalized spacial score (nSPS) is 10.2. The molecule has 2 heteroatoms. The first kappa shape index (κ1) is 22.8. The first-order valence-corrected chi connectivity index (χ1v) is 9.84. The quantitative estimate of drug-likeness (QED) is 0.545. The summed E-state index contributed by atoms with van der Waals surface area (Å²) in [5, 5.41) is 0. The maximum atomic E-state index is 11.8. The molecule has 0 heterocycles. The third kappa shape index (κ3) is 6.16. The zero-order chi connectivity index (χ0) is 20.7. The predicted molar refractivity (Wildman–Crippen MR) is 115 cm³/mol. The van der Waals surface area contributed by atoms with E-state index in [2.05, 4.69) is 38.1 Å². The van der Waals surface area contributed by atoms with Crippen LogP contribution >= 0.6 is 0 Å². The van der Waals surface area contributed by atoms with Gasteiger partial charge in [0.2, 0.25) is 0 Å². The summed E-state index contributed by atoms with van der Waals surface area (Å²) in [7, 11) is 0. The van der Waals surface area contributed by atoms with Crippen molar-refractivity contribution in [2.45, 2.75) is 74.7 Å². The zero-order valence-electron chi connectivity index (χ0n) is 18.2. The van der Waals surface area contributed by atoms with Gasteiger partial charge in [0.15, 0.2) is 11.6 Å². The average Bonchev–Trinajstić information content (AvgIpc) is 2.53. The second kappa shape index (κ2) is 10.2. The van der Waals surface area contributed by atoms with Crippen molar-refractivity contribution < 1.29 is 9.59 Å². The summed E-state index contributed by atoms with van der Waals surface area (Å²) in [5.41, 5.74) is 8.72. The summed E-state index contributed by atoms with van der Waals surface area (Å²) in [6, 6.07) is 8.29. The molecule has 0 aliphatic heterocycles. The standard InChI is InChI=1S/C13H18O.C12H16O/c1-5-6-12(14)13-10(3)7-9(2)8-11(13)4;1-5-11(13)12-9(3)6-8(2)7-10(12)4/h7-8H,5-6H2,1-4H3;6-7H,5H2,1-4H3. The summed E-state index contributed by atoms with van der Waals surface area (Å²) in [5.74, 6) is 0.525. The monoisotopic (exact) mass is 366 g/mol. The van der Waals surface area contributed by atoms with E-state index < -0.39 is 0 Å². The third-order valence-electron chi connectivity index (χ3n) is 4.71. The fourth-order valence-corrected chi connectivity index (χ4v) is 3.77. The molecule has 0 spiro atoms. The number of hydrogen-bond acceptors (Lipinski definition) is 2. The lowest BCUT2D eigenvalue weighted by molar-refractivity contribution is 0.0975. The van der Waals surface area contributed by atoms with Crippen LogP contribution in [0.4, 0.5) is 0 Å². The van der Waals surface area contributed by atoms with Crippen molar-refractivity contribution in [2.75, 3.05) is 0 Å². The minimum atomic E-state index is 0.245. The van der Waals surface area contributed by atoms with Crippen LogP contribution in [-0.4, -0.2) is 11.6 Å². The molecule has 0 unspecified atom stereocenters. The lowest BCUT2D eigenvalue weighted by Gasteiger charge is -2.09. The lowest BCUT2D eigenvalue weighted by atomic mass is 9.95. The van der Waals surface area contributed by atoms with Crippen molar-refractivity contribution >= 4 is 11.6 Å². The number of hydrogen-bond donors (Lipinski definition) is 0. The molecule has 0 saturated carbocycles. The number of carbonyl (C=O) groups excluding carboxylic acids is 2. The first-order valence-electron chi connectivity index (χ1n) is 9.84. The Morgan fingerprint density at radius 3 is 1.26 bits per heavy atom. The van der Waals surface area contributed by atoms with Crippen molar-refractivity contribution in [2.24, 2.45) is 0 Å². The summed E-state index contributed by atoms with van der Waals surface area (Å²) < 4.78 is 0. The maximum Gasteiger partial charge on any atom is 0.163 e. The fourth-order valence-electron chi connectivity index (χ4n) is 3.77. The van der Waals surface area contributed by atoms with Crippen LogP contribution in [0.3, 0.4) is 0 Å². The van der Waals surface area contributed by atoms with Gasteiger partial charge in [-0.05, 0) is 70.2 Å². The molecule has 0 fully saturated rings. The van der Waals surface area contributed by atoms with E-state index in [1.807, 2.05) is 41.5 Å². The molecule has 2 rings (SSSR count). The third-order valence-corrected chi connectivity index (χ3v) is 4.71. The van der Waals surface area contributed by atoms with Crippen molar-refractivity contribution in [3.05, 3.63) is 68.8 Å². The average molecular weight is 367 g/mol. The van der Waals surface area contributed by atoms with Gasteiger partial charge >= 0.3 is 0 Å². The fraction of sp³-hybridized carbons (Fsp3) is 0.440. The molecule has 27 heavy (non-hydrogen) atoms. The van der Waals surface area contributed by atoms with Gasteiger partial charge in [-0.2, -0.15) is 0 Å². The van der Waals surface area contributed by atoms with Gasteiger partial charge in [-0.15, -0.1) is 0 Å². The van der Waals surface area contributed by atoms with Gasteiger partial charge in [-0.3, -0.25) is 9.59 Å². The van der Waals surface area contributed by atoms with E-state index in [-0.39, 0.29) is 11.6 Å². The van der Waals surface area contributed by atoms with Gasteiger partial charge in [-0.1, -0.05) is 49.2 Å². The second-order valence-corrected chi connectivity index (χ2v) is 7.50. The first-order chi connectivity index (χ1) is 12.6. The minimum Gasteiger partial charge on any atom is -0.294 e. The van der Waals surface area contributed by atoms with Crippen molar-refractivity contribution in [3.63, 3.8) is 0 Å². The number of carbonyl (C=O) groups is 2. The Hall–Kier alpha value is -2.22. The molecular weight excluding hydrogens is 332 g/mol. The number of benzene rings is 2. The number of ketones is 2. The van der Waals surface area contributed by atoms with Gasteiger partial charge < -0.3 is 0 Å². The molecule has 0 aromatic heterocycles. The van der Waals surface area contributed by atoms with Crippen LogP contribution in [0.5, 0.6) is 0 Å². The zero-order valence-corrected chi connectivity index (χ0v) is 18.2. The van der Waals surface area contributed by atoms with Crippen molar-refractivity contribution in [1.29, 1.82) is 0 Å². The highest BCUT2D eigenvalue weighted by atomic mass is 16.1. The second-order valence-electron chi connectivity index (χ2n) is 7.50. The topological polar surface area (TPSA) is 34.1 Å². The SMILES string of the molecule is CCC(=O)c1c(C)cc(C)cc1C.CCCC(=O)c1c(C)cc(C)cc1C. The molecule has 2 aromatic rings. The lowest BCUT2D eigenvalue weighted by Crippen LogP contribution is -2.04. The predicted octanol–water partition coefficient (Wildman–Crippen LogP) is 6.80. The summed E-state index contributed by atoms with van der Waals surface area (Å²) in [6.45, 7) is 16.1. The van der Waals surface area contributed by atoms with Crippen LogP contribution in [0.15, 0.2) is 24.3 Å². The summed E-state index contributed by atoms with van der Waals surface area (Å²) >= 11 is 0. The van der Waals surface area contributed by atoms with Crippen molar-refractivity contribution in [3.8, 4) is 0 Å². The Labute approximate surface area is 165 Å². The maximum absolute atomic E-state index is 11.8. The minimum absolute atomic E-state index is 0.245. The van der Waals surface area contributed by atoms with Gasteiger partial charge in [0.1, 0.15) is 0 Å². The van der Waals surface area contributed by atoms with Crippen LogP contribution in [0.25, 0.3) is 0 Å². The Morgan fingerprint density at radius 2 is 0.963 bits per heavy atom. The molecule has 0 aliphatic carbocycles. The van der Waals surface area contributed by atoms with E-state index in [0.29, 0.717) is 12.8 Å². The van der Waals surface area contributed by atoms with Gasteiger partial charge in [0.25, 0.3) is 0 Å². The molecule has 146 valence electrons. The highest BCUT2D eigenvalue weighted by Crippen LogP contribution is 2.19. The Kier molecular flexibility index (Phi) is 8.62. The molecule has 0 bridgehead atoms. The van der Waals surface area contributed by atoms with Crippen molar-refractivity contribution in [1.82, 2.24) is 0 Å². The van der Waals surface area contributed by atoms with Gasteiger partial charge in [-0.25, -0.2) is 0 Å². The van der Waals surface area contributed by atoms with E-state index in [1.165, 1.54) is 11.1 Å². The van der Waals surface area contributed by atoms with E-state index in [9.17, 15) is 9.59 Å². The van der Waals surface area contributed by atoms with E-state index in [4.69, 9.17) is 0 Å². The van der Waals surface area contributed by atoms with E-state index >= 15 is 0 Å². The molecule has 0 saturated heterocycles. The molecule has 0 aliphatic rings. The van der Waals surface area contributed by atoms with Crippen LogP contribution in [0.2, 0.25) is 0 Å². The highest BCUT2D eigenvalue weighted by molar-refractivity contribution is 5.99. The molecule has 2 nitrogen and oxygen atoms in total. The Balaban J connectivity index is 0.000000271. The largest absolute Gasteiger partial charge is 0.294 e.